The summed E-state index contributed by atoms with van der Waals surface area (Å²) in [5.74, 6) is 0.844. The van der Waals surface area contributed by atoms with E-state index in [1.807, 2.05) is 30.7 Å². The largest absolute Gasteiger partial charge is 0.494 e. The zero-order valence-corrected chi connectivity index (χ0v) is 18.6. The number of aromatic nitrogens is 2. The summed E-state index contributed by atoms with van der Waals surface area (Å²) in [4.78, 5) is 13.1. The minimum Gasteiger partial charge on any atom is -0.494 e. The highest BCUT2D eigenvalue weighted by atomic mass is 19.4. The Morgan fingerprint density at radius 2 is 1.91 bits per heavy atom. The number of alkyl halides is 3. The number of nitrogens with zero attached hydrogens (tertiary/aromatic N) is 5. The van der Waals surface area contributed by atoms with Crippen molar-refractivity contribution in [1.29, 1.82) is 0 Å². The third kappa shape index (κ3) is 3.35. The highest BCUT2D eigenvalue weighted by Gasteiger charge is 2.42. The predicted molar refractivity (Wildman–Crippen MR) is 114 cm³/mol. The second-order valence-corrected chi connectivity index (χ2v) is 7.92. The number of hydrogen-bond acceptors (Lipinski definition) is 7. The summed E-state index contributed by atoms with van der Waals surface area (Å²) in [7, 11) is 4.87. The van der Waals surface area contributed by atoms with E-state index < -0.39 is 12.3 Å². The maximum absolute atomic E-state index is 13.4. The molecule has 0 saturated heterocycles. The quantitative estimate of drug-likeness (QED) is 0.768. The fourth-order valence-corrected chi connectivity index (χ4v) is 4.46. The van der Waals surface area contributed by atoms with Crippen molar-refractivity contribution < 1.29 is 27.8 Å². The van der Waals surface area contributed by atoms with E-state index in [0.717, 1.165) is 11.4 Å². The first-order valence-corrected chi connectivity index (χ1v) is 10.3. The minimum atomic E-state index is -4.80. The number of hydrogen-bond donors (Lipinski definition) is 1. The average molecular weight is 453 g/mol. The molecule has 0 amide bonds. The van der Waals surface area contributed by atoms with Crippen LogP contribution in [0.25, 0.3) is 11.0 Å². The van der Waals surface area contributed by atoms with E-state index in [9.17, 15) is 18.3 Å². The van der Waals surface area contributed by atoms with Crippen molar-refractivity contribution in [3.8, 4) is 5.75 Å². The highest BCUT2D eigenvalue weighted by molar-refractivity contribution is 5.89. The molecule has 0 fully saturated rings. The zero-order valence-electron chi connectivity index (χ0n) is 18.6. The topological polar surface area (TPSA) is 75.3 Å². The Bertz CT molecular complexity index is 1110. The molecule has 0 bridgehead atoms. The van der Waals surface area contributed by atoms with E-state index in [4.69, 9.17) is 14.5 Å². The summed E-state index contributed by atoms with van der Waals surface area (Å²) >= 11 is 0. The molecule has 1 aromatic heterocycles. The first kappa shape index (κ1) is 22.3. The molecule has 11 heteroatoms. The number of anilines is 1. The van der Waals surface area contributed by atoms with Crippen LogP contribution < -0.4 is 9.64 Å². The van der Waals surface area contributed by atoms with Crippen molar-refractivity contribution in [3.05, 3.63) is 29.1 Å². The van der Waals surface area contributed by atoms with Crippen LogP contribution in [0, 0.1) is 0 Å². The number of aliphatic imine (C=N–C) groups is 1. The molecular formula is C21H26F3N5O3. The van der Waals surface area contributed by atoms with Crippen LogP contribution >= 0.6 is 0 Å². The molecular weight excluding hydrogens is 427 g/mol. The number of imidazole rings is 1. The molecule has 0 saturated carbocycles. The number of benzene rings is 1. The molecule has 32 heavy (non-hydrogen) atoms. The lowest BCUT2D eigenvalue weighted by atomic mass is 10.1. The SMILES string of the molecule is COC1=NC(C)=C(N2CCCn3c2nc2c(OC)ccc(C(O)C(F)(F)F)c23)C(C)N1C. The number of rotatable bonds is 3. The van der Waals surface area contributed by atoms with E-state index in [1.165, 1.54) is 19.2 Å². The van der Waals surface area contributed by atoms with Crippen molar-refractivity contribution >= 4 is 23.0 Å². The molecule has 174 valence electrons. The number of aliphatic hydroxyl groups is 1. The van der Waals surface area contributed by atoms with Crippen LogP contribution in [0.2, 0.25) is 0 Å². The van der Waals surface area contributed by atoms with Crippen LogP contribution in [-0.4, -0.2) is 65.6 Å². The van der Waals surface area contributed by atoms with Crippen molar-refractivity contribution in [3.63, 3.8) is 0 Å². The first-order chi connectivity index (χ1) is 15.1. The summed E-state index contributed by atoms with van der Waals surface area (Å²) in [6, 6.07) is 3.05. The normalized spacial score (nSPS) is 20.4. The molecule has 1 aromatic carbocycles. The number of aliphatic hydroxyl groups excluding tert-OH is 1. The van der Waals surface area contributed by atoms with Gasteiger partial charge in [-0.25, -0.2) is 9.98 Å². The van der Waals surface area contributed by atoms with Crippen LogP contribution in [0.4, 0.5) is 19.1 Å². The highest BCUT2D eigenvalue weighted by Crippen LogP contribution is 2.42. The van der Waals surface area contributed by atoms with Gasteiger partial charge in [-0.15, -0.1) is 0 Å². The van der Waals surface area contributed by atoms with E-state index in [-0.39, 0.29) is 22.6 Å². The number of halogens is 3. The van der Waals surface area contributed by atoms with E-state index >= 15 is 0 Å². The molecule has 8 nitrogen and oxygen atoms in total. The van der Waals surface area contributed by atoms with Gasteiger partial charge in [-0.3, -0.25) is 0 Å². The third-order valence-corrected chi connectivity index (χ3v) is 6.08. The van der Waals surface area contributed by atoms with Crippen molar-refractivity contribution in [2.45, 2.75) is 45.1 Å². The molecule has 0 radical (unpaired) electrons. The second-order valence-electron chi connectivity index (χ2n) is 7.92. The standard InChI is InChI=1S/C21H26F3N5O3/c1-11-16(12(2)27(3)20(25-11)32-5)28-9-6-10-29-17-13(18(30)21(22,23)24)7-8-14(31-4)15(17)26-19(28)29/h7-8,12,18,30H,6,9-10H2,1-5H3. The fraction of sp³-hybridized carbons (Fsp3) is 0.524. The van der Waals surface area contributed by atoms with E-state index in [1.54, 1.807) is 11.7 Å². The van der Waals surface area contributed by atoms with Gasteiger partial charge >= 0.3 is 6.18 Å². The molecule has 2 unspecified atom stereocenters. The number of amidine groups is 1. The summed E-state index contributed by atoms with van der Waals surface area (Å²) in [6.07, 6.45) is -6.74. The van der Waals surface area contributed by atoms with E-state index in [2.05, 4.69) is 4.99 Å². The van der Waals surface area contributed by atoms with Gasteiger partial charge in [-0.1, -0.05) is 6.07 Å². The van der Waals surface area contributed by atoms with Gasteiger partial charge in [-0.2, -0.15) is 13.2 Å². The molecule has 0 aliphatic carbocycles. The number of fused-ring (bicyclic) bond motifs is 3. The molecule has 4 rings (SSSR count). The zero-order chi connectivity index (χ0) is 23.4. The lowest BCUT2D eigenvalue weighted by molar-refractivity contribution is -0.206. The van der Waals surface area contributed by atoms with Crippen LogP contribution in [0.5, 0.6) is 5.75 Å². The minimum absolute atomic E-state index is 0.101. The lowest BCUT2D eigenvalue weighted by Gasteiger charge is -2.40. The van der Waals surface area contributed by atoms with Crippen LogP contribution in [0.15, 0.2) is 28.5 Å². The molecule has 2 aliphatic heterocycles. The van der Waals surface area contributed by atoms with Crippen LogP contribution in [-0.2, 0) is 11.3 Å². The number of likely N-dealkylation sites (N-methyl/N-ethyl adjacent to an activating group) is 1. The number of ether oxygens (including phenoxy) is 2. The maximum atomic E-state index is 13.4. The molecule has 2 aromatic rings. The summed E-state index contributed by atoms with van der Waals surface area (Å²) in [6.45, 7) is 4.98. The van der Waals surface area contributed by atoms with Gasteiger partial charge in [0.25, 0.3) is 6.02 Å². The maximum Gasteiger partial charge on any atom is 0.418 e. The van der Waals surface area contributed by atoms with Crippen molar-refractivity contribution in [1.82, 2.24) is 14.5 Å². The fourth-order valence-electron chi connectivity index (χ4n) is 4.46. The Balaban J connectivity index is 1.94. The molecule has 2 atom stereocenters. The van der Waals surface area contributed by atoms with Gasteiger partial charge in [0.1, 0.15) is 11.3 Å². The van der Waals surface area contributed by atoms with Gasteiger partial charge in [0.2, 0.25) is 5.95 Å². The predicted octanol–water partition coefficient (Wildman–Crippen LogP) is 3.42. The van der Waals surface area contributed by atoms with Crippen molar-refractivity contribution in [2.75, 3.05) is 32.7 Å². The van der Waals surface area contributed by atoms with Gasteiger partial charge in [-0.05, 0) is 26.3 Å². The number of aryl methyl sites for hydroxylation is 1. The summed E-state index contributed by atoms with van der Waals surface area (Å²) < 4.78 is 52.7. The summed E-state index contributed by atoms with van der Waals surface area (Å²) in [5.41, 5.74) is 1.90. The Morgan fingerprint density at radius 3 is 2.53 bits per heavy atom. The smallest absolute Gasteiger partial charge is 0.418 e. The summed E-state index contributed by atoms with van der Waals surface area (Å²) in [5, 5.41) is 10.1. The molecule has 1 N–H and O–H groups in total. The molecule has 0 spiro atoms. The van der Waals surface area contributed by atoms with E-state index in [0.29, 0.717) is 37.2 Å². The number of methoxy groups -OCH3 is 2. The van der Waals surface area contributed by atoms with Crippen LogP contribution in [0.3, 0.4) is 0 Å². The lowest BCUT2D eigenvalue weighted by Crippen LogP contribution is -2.47. The van der Waals surface area contributed by atoms with Crippen LogP contribution in [0.1, 0.15) is 31.9 Å². The Hall–Kier alpha value is -2.95. The van der Waals surface area contributed by atoms with Gasteiger partial charge in [0.15, 0.2) is 6.10 Å². The van der Waals surface area contributed by atoms with Gasteiger partial charge in [0.05, 0.1) is 37.2 Å². The van der Waals surface area contributed by atoms with Gasteiger partial charge < -0.3 is 28.9 Å². The Morgan fingerprint density at radius 1 is 1.19 bits per heavy atom. The second kappa shape index (κ2) is 7.88. The molecule has 2 aliphatic rings. The average Bonchev–Trinajstić information content (AvgIpc) is 3.15. The Kier molecular flexibility index (Phi) is 5.48. The molecule has 3 heterocycles. The monoisotopic (exact) mass is 453 g/mol. The first-order valence-electron chi connectivity index (χ1n) is 10.3. The van der Waals surface area contributed by atoms with Gasteiger partial charge in [0, 0.05) is 25.7 Å². The third-order valence-electron chi connectivity index (χ3n) is 6.08. The van der Waals surface area contributed by atoms with Crippen molar-refractivity contribution in [2.24, 2.45) is 4.99 Å². The number of allylic oxidation sites excluding steroid dienone is 1. The Labute approximate surface area is 183 Å².